The van der Waals surface area contributed by atoms with Gasteiger partial charge in [-0.1, -0.05) is 0 Å². The van der Waals surface area contributed by atoms with Gasteiger partial charge in [0, 0.05) is 25.7 Å². The van der Waals surface area contributed by atoms with Crippen LogP contribution in [0.1, 0.15) is 6.92 Å². The topological polar surface area (TPSA) is 26.7 Å². The van der Waals surface area contributed by atoms with Crippen molar-refractivity contribution in [2.45, 2.75) is 19.8 Å². The normalized spacial score (nSPS) is 28.9. The van der Waals surface area contributed by atoms with E-state index in [-0.39, 0.29) is 7.05 Å². The van der Waals surface area contributed by atoms with Gasteiger partial charge >= 0.3 is 7.05 Å². The first kappa shape index (κ1) is 9.04. The molecule has 0 aliphatic carbocycles. The van der Waals surface area contributed by atoms with Gasteiger partial charge in [0.2, 0.25) is 0 Å². The monoisotopic (exact) mass is 156 g/mol. The molecule has 4 heteroatoms. The Bertz CT molecular complexity index is 132. The van der Waals surface area contributed by atoms with Crippen LogP contribution in [0.5, 0.6) is 0 Å². The van der Waals surface area contributed by atoms with Gasteiger partial charge in [-0.2, -0.15) is 0 Å². The molecule has 0 spiro atoms. The lowest BCUT2D eigenvalue weighted by atomic mass is 9.83. The molecule has 1 fully saturated rings. The SMILES string of the molecule is CB(O)N1CCN(C)[C@@H](C)C1. The van der Waals surface area contributed by atoms with Crippen molar-refractivity contribution in [2.24, 2.45) is 0 Å². The molecule has 3 nitrogen and oxygen atoms in total. The smallest absolute Gasteiger partial charge is 0.376 e. The Morgan fingerprint density at radius 2 is 2.09 bits per heavy atom. The predicted molar refractivity (Wildman–Crippen MR) is 47.5 cm³/mol. The number of nitrogens with zero attached hydrogens (tertiary/aromatic N) is 2. The lowest BCUT2D eigenvalue weighted by Gasteiger charge is -2.38. The van der Waals surface area contributed by atoms with Gasteiger partial charge in [0.25, 0.3) is 0 Å². The van der Waals surface area contributed by atoms with Crippen LogP contribution in [0.15, 0.2) is 0 Å². The summed E-state index contributed by atoms with van der Waals surface area (Å²) in [5.74, 6) is 0. The summed E-state index contributed by atoms with van der Waals surface area (Å²) in [6, 6.07) is 0.568. The quantitative estimate of drug-likeness (QED) is 0.529. The van der Waals surface area contributed by atoms with E-state index in [0.717, 1.165) is 19.6 Å². The highest BCUT2D eigenvalue weighted by Crippen LogP contribution is 2.06. The fourth-order valence-corrected chi connectivity index (χ4v) is 1.42. The second kappa shape index (κ2) is 3.56. The second-order valence-electron chi connectivity index (χ2n) is 3.46. The molecule has 0 aromatic rings. The fourth-order valence-electron chi connectivity index (χ4n) is 1.42. The van der Waals surface area contributed by atoms with Gasteiger partial charge in [0.05, 0.1) is 0 Å². The Hall–Kier alpha value is -0.0551. The minimum absolute atomic E-state index is 0.286. The van der Waals surface area contributed by atoms with Gasteiger partial charge in [-0.3, -0.25) is 0 Å². The molecule has 1 saturated heterocycles. The Morgan fingerprint density at radius 3 is 2.55 bits per heavy atom. The zero-order valence-corrected chi connectivity index (χ0v) is 7.62. The summed E-state index contributed by atoms with van der Waals surface area (Å²) >= 11 is 0. The molecule has 0 radical (unpaired) electrons. The van der Waals surface area contributed by atoms with Crippen LogP contribution in [0.2, 0.25) is 6.82 Å². The first-order chi connectivity index (χ1) is 5.11. The van der Waals surface area contributed by atoms with Crippen molar-refractivity contribution in [1.29, 1.82) is 0 Å². The molecule has 64 valence electrons. The second-order valence-corrected chi connectivity index (χ2v) is 3.46. The molecule has 0 unspecified atom stereocenters. The van der Waals surface area contributed by atoms with E-state index in [1.807, 2.05) is 6.82 Å². The zero-order chi connectivity index (χ0) is 8.43. The molecule has 0 saturated carbocycles. The van der Waals surface area contributed by atoms with Crippen molar-refractivity contribution in [3.8, 4) is 0 Å². The third-order valence-electron chi connectivity index (χ3n) is 2.52. The minimum atomic E-state index is -0.286. The molecular formula is C7H17BN2O. The van der Waals surface area contributed by atoms with Gasteiger partial charge < -0.3 is 14.7 Å². The van der Waals surface area contributed by atoms with Gasteiger partial charge in [0.15, 0.2) is 0 Å². The van der Waals surface area contributed by atoms with E-state index in [4.69, 9.17) is 0 Å². The highest BCUT2D eigenvalue weighted by Gasteiger charge is 2.24. The van der Waals surface area contributed by atoms with E-state index >= 15 is 0 Å². The molecule has 0 bridgehead atoms. The average Bonchev–Trinajstić information content (AvgIpc) is 1.94. The maximum Gasteiger partial charge on any atom is 0.376 e. The molecule has 0 amide bonds. The summed E-state index contributed by atoms with van der Waals surface area (Å²) < 4.78 is 0. The van der Waals surface area contributed by atoms with Crippen LogP contribution in [0, 0.1) is 0 Å². The maximum absolute atomic E-state index is 9.29. The van der Waals surface area contributed by atoms with Crippen LogP contribution in [-0.2, 0) is 0 Å². The summed E-state index contributed by atoms with van der Waals surface area (Å²) in [6.45, 7) is 7.05. The molecule has 0 aromatic carbocycles. The van der Waals surface area contributed by atoms with Crippen molar-refractivity contribution in [3.63, 3.8) is 0 Å². The number of piperazine rings is 1. The predicted octanol–water partition coefficient (Wildman–Crippen LogP) is -0.267. The summed E-state index contributed by atoms with van der Waals surface area (Å²) in [5, 5.41) is 9.29. The molecule has 1 aliphatic rings. The van der Waals surface area contributed by atoms with Crippen molar-refractivity contribution in [2.75, 3.05) is 26.7 Å². The maximum atomic E-state index is 9.29. The number of hydrogen-bond acceptors (Lipinski definition) is 3. The van der Waals surface area contributed by atoms with Crippen LogP contribution in [0.25, 0.3) is 0 Å². The van der Waals surface area contributed by atoms with E-state index in [9.17, 15) is 5.02 Å². The Kier molecular flexibility index (Phi) is 2.93. The summed E-state index contributed by atoms with van der Waals surface area (Å²) in [5.41, 5.74) is 0. The highest BCUT2D eigenvalue weighted by molar-refractivity contribution is 6.45. The Balaban J connectivity index is 2.40. The first-order valence-corrected chi connectivity index (χ1v) is 4.23. The minimum Gasteiger partial charge on any atom is -0.437 e. The largest absolute Gasteiger partial charge is 0.437 e. The van der Waals surface area contributed by atoms with Gasteiger partial charge in [-0.05, 0) is 20.8 Å². The van der Waals surface area contributed by atoms with Crippen LogP contribution >= 0.6 is 0 Å². The fraction of sp³-hybridized carbons (Fsp3) is 1.00. The van der Waals surface area contributed by atoms with Gasteiger partial charge in [0.1, 0.15) is 0 Å². The average molecular weight is 156 g/mol. The highest BCUT2D eigenvalue weighted by atomic mass is 16.2. The van der Waals surface area contributed by atoms with Crippen molar-refractivity contribution in [1.82, 2.24) is 9.71 Å². The van der Waals surface area contributed by atoms with E-state index in [0.29, 0.717) is 6.04 Å². The van der Waals surface area contributed by atoms with Crippen LogP contribution in [-0.4, -0.2) is 54.5 Å². The van der Waals surface area contributed by atoms with Gasteiger partial charge in [-0.15, -0.1) is 0 Å². The molecule has 1 N–H and O–H groups in total. The molecule has 11 heavy (non-hydrogen) atoms. The third-order valence-corrected chi connectivity index (χ3v) is 2.52. The molecule has 1 heterocycles. The molecule has 1 atom stereocenters. The summed E-state index contributed by atoms with van der Waals surface area (Å²) in [6.07, 6.45) is 0. The lowest BCUT2D eigenvalue weighted by Crippen LogP contribution is -2.54. The standard InChI is InChI=1S/C7H17BN2O/c1-7-6-10(8(2)11)5-4-9(7)3/h7,11H,4-6H2,1-3H3/t7-/m0/s1. The van der Waals surface area contributed by atoms with Crippen LogP contribution < -0.4 is 0 Å². The first-order valence-electron chi connectivity index (χ1n) is 4.23. The zero-order valence-electron chi connectivity index (χ0n) is 7.62. The Morgan fingerprint density at radius 1 is 1.45 bits per heavy atom. The number of hydrogen-bond donors (Lipinski definition) is 1. The van der Waals surface area contributed by atoms with E-state index < -0.39 is 0 Å². The number of likely N-dealkylation sites (N-methyl/N-ethyl adjacent to an activating group) is 1. The van der Waals surface area contributed by atoms with Crippen molar-refractivity contribution < 1.29 is 5.02 Å². The molecule has 1 aliphatic heterocycles. The van der Waals surface area contributed by atoms with Crippen molar-refractivity contribution >= 4 is 7.05 Å². The van der Waals surface area contributed by atoms with E-state index in [1.54, 1.807) is 0 Å². The van der Waals surface area contributed by atoms with Crippen LogP contribution in [0.4, 0.5) is 0 Å². The summed E-state index contributed by atoms with van der Waals surface area (Å²) in [4.78, 5) is 4.42. The number of rotatable bonds is 1. The van der Waals surface area contributed by atoms with E-state index in [1.165, 1.54) is 0 Å². The van der Waals surface area contributed by atoms with Gasteiger partial charge in [-0.25, -0.2) is 0 Å². The molecule has 1 rings (SSSR count). The van der Waals surface area contributed by atoms with E-state index in [2.05, 4.69) is 23.7 Å². The van der Waals surface area contributed by atoms with Crippen LogP contribution in [0.3, 0.4) is 0 Å². The molecule has 0 aromatic heterocycles. The van der Waals surface area contributed by atoms with Crippen molar-refractivity contribution in [3.05, 3.63) is 0 Å². The molecular weight excluding hydrogens is 139 g/mol. The lowest BCUT2D eigenvalue weighted by molar-refractivity contribution is 0.147. The Labute approximate surface area is 69.1 Å². The third kappa shape index (κ3) is 2.19. The summed E-state index contributed by atoms with van der Waals surface area (Å²) in [7, 11) is 1.84.